The minimum atomic E-state index is -0.127. The Balaban J connectivity index is 0.969. The van der Waals surface area contributed by atoms with Gasteiger partial charge in [-0.15, -0.1) is 11.3 Å². The molecule has 0 saturated carbocycles. The first kappa shape index (κ1) is 34.3. The van der Waals surface area contributed by atoms with E-state index in [1.54, 1.807) is 0 Å². The number of nitrogens with zero attached hydrogens (tertiary/aromatic N) is 1. The molecule has 0 atom stereocenters. The highest BCUT2D eigenvalue weighted by Gasteiger charge is 2.38. The number of anilines is 3. The lowest BCUT2D eigenvalue weighted by Gasteiger charge is -2.30. The molecule has 1 aliphatic carbocycles. The number of fused-ring (bicyclic) bond motifs is 8. The van der Waals surface area contributed by atoms with Gasteiger partial charge in [-0.3, -0.25) is 0 Å². The van der Waals surface area contributed by atoms with Gasteiger partial charge in [0.05, 0.1) is 5.69 Å². The van der Waals surface area contributed by atoms with Gasteiger partial charge in [-0.1, -0.05) is 141 Å². The zero-order valence-corrected chi connectivity index (χ0v) is 35.0. The normalized spacial score (nSPS) is 13.6. The summed E-state index contributed by atoms with van der Waals surface area (Å²) >= 11 is 1.86. The smallest absolute Gasteiger partial charge is 0.137 e. The number of thiophene rings is 1. The highest BCUT2D eigenvalue weighted by atomic mass is 32.1. The highest BCUT2D eigenvalue weighted by molar-refractivity contribution is 7.25. The molecule has 0 fully saturated rings. The fourth-order valence-electron chi connectivity index (χ4n) is 11.2. The van der Waals surface area contributed by atoms with E-state index in [9.17, 15) is 0 Å². The second kappa shape index (κ2) is 12.3. The van der Waals surface area contributed by atoms with E-state index < -0.39 is 0 Å². The molecule has 11 aromatic carbocycles. The van der Waals surface area contributed by atoms with Crippen LogP contribution >= 0.6 is 11.3 Å². The molecular formula is C59H37NOS. The average molecular weight is 808 g/mol. The van der Waals surface area contributed by atoms with Crippen LogP contribution in [0.3, 0.4) is 0 Å². The summed E-state index contributed by atoms with van der Waals surface area (Å²) in [4.78, 5) is 2.46. The Bertz CT molecular complexity index is 3890. The molecule has 0 unspecified atom stereocenters. The van der Waals surface area contributed by atoms with Gasteiger partial charge < -0.3 is 9.64 Å². The van der Waals surface area contributed by atoms with Crippen LogP contribution in [0.25, 0.3) is 96.6 Å². The fraction of sp³-hybridized carbons (Fsp3) is 0.0508. The van der Waals surface area contributed by atoms with E-state index in [2.05, 4.69) is 207 Å². The van der Waals surface area contributed by atoms with Crippen molar-refractivity contribution in [3.63, 3.8) is 0 Å². The molecule has 0 radical (unpaired) electrons. The molecule has 14 rings (SSSR count). The Kier molecular flexibility index (Phi) is 6.81. The lowest BCUT2D eigenvalue weighted by atomic mass is 9.82. The van der Waals surface area contributed by atoms with Crippen LogP contribution in [0.2, 0.25) is 0 Å². The predicted octanol–water partition coefficient (Wildman–Crippen LogP) is 17.3. The van der Waals surface area contributed by atoms with Gasteiger partial charge in [0.1, 0.15) is 11.5 Å². The van der Waals surface area contributed by atoms with Gasteiger partial charge >= 0.3 is 0 Å². The van der Waals surface area contributed by atoms with Crippen LogP contribution in [-0.2, 0) is 5.41 Å². The number of benzene rings is 11. The second-order valence-electron chi connectivity index (χ2n) is 17.6. The number of ether oxygens (including phenoxy) is 1. The van der Waals surface area contributed by atoms with E-state index in [4.69, 9.17) is 4.74 Å². The summed E-state index contributed by atoms with van der Waals surface area (Å²) in [5, 5.41) is 12.7. The van der Waals surface area contributed by atoms with Gasteiger partial charge in [0.25, 0.3) is 0 Å². The summed E-state index contributed by atoms with van der Waals surface area (Å²) in [5.74, 6) is 1.74. The fourth-order valence-corrected chi connectivity index (χ4v) is 12.3. The number of rotatable bonds is 4. The van der Waals surface area contributed by atoms with Crippen molar-refractivity contribution in [2.45, 2.75) is 19.3 Å². The van der Waals surface area contributed by atoms with E-state index in [-0.39, 0.29) is 5.41 Å². The largest absolute Gasteiger partial charge is 0.456 e. The van der Waals surface area contributed by atoms with Crippen LogP contribution in [0.5, 0.6) is 11.5 Å². The van der Waals surface area contributed by atoms with Crippen molar-refractivity contribution in [1.82, 2.24) is 0 Å². The number of hydrogen-bond acceptors (Lipinski definition) is 3. The van der Waals surface area contributed by atoms with Crippen LogP contribution in [0.4, 0.5) is 17.1 Å². The molecular weight excluding hydrogens is 771 g/mol. The van der Waals surface area contributed by atoms with Crippen molar-refractivity contribution < 1.29 is 4.74 Å². The van der Waals surface area contributed by atoms with E-state index in [0.29, 0.717) is 0 Å². The molecule has 0 saturated heterocycles. The Morgan fingerprint density at radius 2 is 1.06 bits per heavy atom. The zero-order chi connectivity index (χ0) is 40.8. The first-order valence-corrected chi connectivity index (χ1v) is 22.3. The van der Waals surface area contributed by atoms with Crippen molar-refractivity contribution in [3.8, 4) is 44.9 Å². The summed E-state index contributed by atoms with van der Waals surface area (Å²) in [5.41, 5.74) is 13.3. The molecule has 0 spiro atoms. The minimum absolute atomic E-state index is 0.127. The van der Waals surface area contributed by atoms with Crippen LogP contribution in [0.15, 0.2) is 188 Å². The quantitative estimate of drug-likeness (QED) is 0.164. The maximum absolute atomic E-state index is 7.07. The van der Waals surface area contributed by atoms with Crippen LogP contribution in [-0.4, -0.2) is 0 Å². The molecule has 2 aliphatic rings. The van der Waals surface area contributed by atoms with Crippen molar-refractivity contribution in [2.75, 3.05) is 4.90 Å². The molecule has 0 bridgehead atoms. The van der Waals surface area contributed by atoms with E-state index in [0.717, 1.165) is 39.5 Å². The Morgan fingerprint density at radius 1 is 0.403 bits per heavy atom. The Labute approximate surface area is 362 Å². The third-order valence-electron chi connectivity index (χ3n) is 14.0. The summed E-state index contributed by atoms with van der Waals surface area (Å²) in [7, 11) is 0. The van der Waals surface area contributed by atoms with Crippen molar-refractivity contribution in [1.29, 1.82) is 0 Å². The van der Waals surface area contributed by atoms with E-state index in [1.165, 1.54) is 96.8 Å². The Morgan fingerprint density at radius 3 is 1.98 bits per heavy atom. The summed E-state index contributed by atoms with van der Waals surface area (Å²) in [6, 6.07) is 69.9. The summed E-state index contributed by atoms with van der Waals surface area (Å²) in [6.45, 7) is 4.71. The van der Waals surface area contributed by atoms with Crippen molar-refractivity contribution >= 4 is 91.7 Å². The van der Waals surface area contributed by atoms with Gasteiger partial charge in [0, 0.05) is 59.5 Å². The molecule has 1 aromatic heterocycles. The second-order valence-corrected chi connectivity index (χ2v) is 18.7. The molecule has 12 aromatic rings. The topological polar surface area (TPSA) is 12.5 Å². The van der Waals surface area contributed by atoms with Gasteiger partial charge in [0.2, 0.25) is 0 Å². The number of hydrogen-bond donors (Lipinski definition) is 0. The molecule has 62 heavy (non-hydrogen) atoms. The van der Waals surface area contributed by atoms with Crippen molar-refractivity contribution in [2.24, 2.45) is 0 Å². The lowest BCUT2D eigenvalue weighted by Crippen LogP contribution is -2.16. The molecule has 2 heterocycles. The molecule has 1 aliphatic heterocycles. The minimum Gasteiger partial charge on any atom is -0.456 e. The Hall–Kier alpha value is -7.46. The average Bonchev–Trinajstić information content (AvgIpc) is 3.80. The molecule has 3 heteroatoms. The summed E-state index contributed by atoms with van der Waals surface area (Å²) < 4.78 is 9.66. The van der Waals surface area contributed by atoms with Gasteiger partial charge in [-0.2, -0.15) is 0 Å². The third kappa shape index (κ3) is 4.58. The van der Waals surface area contributed by atoms with E-state index >= 15 is 0 Å². The van der Waals surface area contributed by atoms with Gasteiger partial charge in [-0.05, 0) is 126 Å². The van der Waals surface area contributed by atoms with Crippen LogP contribution in [0, 0.1) is 0 Å². The molecule has 2 nitrogen and oxygen atoms in total. The molecule has 0 amide bonds. The predicted molar refractivity (Wildman–Crippen MR) is 264 cm³/mol. The van der Waals surface area contributed by atoms with Gasteiger partial charge in [-0.25, -0.2) is 0 Å². The maximum Gasteiger partial charge on any atom is 0.137 e. The SMILES string of the molecule is CC1(C)c2ccccc2-c2c(N(c3ccc4c(c3)Oc3ccc(-c5cc6cccc7ccc8cccc5c8c76)c5cccc-4c35)c3ccc4sc5ccccc5c4c3)cccc21. The first-order valence-electron chi connectivity index (χ1n) is 21.5. The summed E-state index contributed by atoms with van der Waals surface area (Å²) in [6.07, 6.45) is 0. The maximum atomic E-state index is 7.07. The highest BCUT2D eigenvalue weighted by Crippen LogP contribution is 2.56. The van der Waals surface area contributed by atoms with Gasteiger partial charge in [0.15, 0.2) is 0 Å². The van der Waals surface area contributed by atoms with Crippen molar-refractivity contribution in [3.05, 3.63) is 199 Å². The first-order chi connectivity index (χ1) is 30.5. The standard InChI is InChI=1S/C59H37NOS/c1-59(2)48-19-5-3-15-45(48)58-49(59)20-10-21-50(58)60(37-26-30-54-47(32-37)41-14-4-6-22-53(41)62-54)38-25-27-40-43-18-9-17-42-39(28-29-51(57(42)43)61-52(40)33-38)46-31-36-13-7-11-34-23-24-35-12-8-16-44(46)56(35)55(34)36/h3-33H,1-2H3. The monoisotopic (exact) mass is 807 g/mol. The zero-order valence-electron chi connectivity index (χ0n) is 34.2. The van der Waals surface area contributed by atoms with Crippen LogP contribution in [0.1, 0.15) is 25.0 Å². The lowest BCUT2D eigenvalue weighted by molar-refractivity contribution is 0.487. The van der Waals surface area contributed by atoms with Crippen LogP contribution < -0.4 is 9.64 Å². The van der Waals surface area contributed by atoms with E-state index in [1.807, 2.05) is 11.3 Å². The molecule has 290 valence electrons. The molecule has 0 N–H and O–H groups in total. The third-order valence-corrected chi connectivity index (χ3v) is 15.1.